The molecule has 8 heteroatoms. The average molecular weight is 450 g/mol. The predicted molar refractivity (Wildman–Crippen MR) is 119 cm³/mol. The topological polar surface area (TPSA) is 98.7 Å². The van der Waals surface area contributed by atoms with Gasteiger partial charge in [0.15, 0.2) is 0 Å². The lowest BCUT2D eigenvalue weighted by molar-refractivity contribution is -0.151. The maximum Gasteiger partial charge on any atom is 0.332 e. The number of ether oxygens (including phenoxy) is 2. The number of rotatable bonds is 8. The zero-order valence-electron chi connectivity index (χ0n) is 18.8. The largest absolute Gasteiger partial charge is 0.459 e. The van der Waals surface area contributed by atoms with E-state index in [1.807, 2.05) is 44.2 Å². The Morgan fingerprint density at radius 2 is 1.85 bits per heavy atom. The summed E-state index contributed by atoms with van der Waals surface area (Å²) in [6, 6.07) is 7.45. The summed E-state index contributed by atoms with van der Waals surface area (Å²) < 4.78 is 10.7. The van der Waals surface area contributed by atoms with Crippen LogP contribution in [0.5, 0.6) is 0 Å². The maximum atomic E-state index is 12.6. The fourth-order valence-electron chi connectivity index (χ4n) is 4.14. The number of carbonyl (C=O) groups is 3. The zero-order valence-corrected chi connectivity index (χ0v) is 18.8. The second-order valence-electron chi connectivity index (χ2n) is 8.49. The van der Waals surface area contributed by atoms with E-state index >= 15 is 0 Å². The Balaban J connectivity index is 1.23. The van der Waals surface area contributed by atoms with Crippen molar-refractivity contribution in [3.05, 3.63) is 59.9 Å². The Kier molecular flexibility index (Phi) is 6.93. The number of hydrogen-bond acceptors (Lipinski definition) is 7. The van der Waals surface area contributed by atoms with Gasteiger partial charge in [-0.05, 0) is 54.7 Å². The number of likely N-dealkylation sites (tertiary alicyclic amines) is 1. The first-order chi connectivity index (χ1) is 15.9. The normalized spacial score (nSPS) is 21.9. The van der Waals surface area contributed by atoms with Crippen molar-refractivity contribution in [1.82, 2.24) is 14.9 Å². The van der Waals surface area contributed by atoms with Crippen molar-refractivity contribution in [3.8, 4) is 11.4 Å². The van der Waals surface area contributed by atoms with Gasteiger partial charge in [0.2, 0.25) is 11.8 Å². The molecule has 172 valence electrons. The molecular weight excluding hydrogens is 422 g/mol. The van der Waals surface area contributed by atoms with Gasteiger partial charge in [0.25, 0.3) is 0 Å². The van der Waals surface area contributed by atoms with E-state index in [1.165, 1.54) is 4.90 Å². The number of fused-ring (bicyclic) bond motifs is 2. The number of aromatic nitrogens is 2. The van der Waals surface area contributed by atoms with E-state index in [9.17, 15) is 14.4 Å². The molecule has 2 aliphatic rings. The van der Waals surface area contributed by atoms with E-state index in [2.05, 4.69) is 9.97 Å². The molecule has 3 unspecified atom stereocenters. The van der Waals surface area contributed by atoms with E-state index in [-0.39, 0.29) is 55.9 Å². The molecule has 8 nitrogen and oxygen atoms in total. The first-order valence-electron chi connectivity index (χ1n) is 11.1. The van der Waals surface area contributed by atoms with Crippen molar-refractivity contribution in [1.29, 1.82) is 0 Å². The highest BCUT2D eigenvalue weighted by Gasteiger charge is 2.41. The molecule has 33 heavy (non-hydrogen) atoms. The molecule has 0 N–H and O–H groups in total. The minimum Gasteiger partial charge on any atom is -0.459 e. The van der Waals surface area contributed by atoms with Crippen molar-refractivity contribution < 1.29 is 23.9 Å². The fraction of sp³-hybridized carbons (Fsp3) is 0.400. The Labute approximate surface area is 192 Å². The van der Waals surface area contributed by atoms with E-state index in [4.69, 9.17) is 9.47 Å². The Hall–Kier alpha value is -3.39. The zero-order chi connectivity index (χ0) is 23.4. The minimum atomic E-state index is -0.522. The number of allylic oxidation sites excluding steroid dienone is 1. The number of carbonyl (C=O) groups excluding carboxylic acids is 3. The third-order valence-electron chi connectivity index (χ3n) is 6.08. The number of aryl methyl sites for hydroxylation is 1. The predicted octanol–water partition coefficient (Wildman–Crippen LogP) is 2.71. The van der Waals surface area contributed by atoms with Crippen LogP contribution in [0.15, 0.2) is 48.8 Å². The summed E-state index contributed by atoms with van der Waals surface area (Å²) in [6.45, 7) is 3.87. The number of imide groups is 1. The lowest BCUT2D eigenvalue weighted by Gasteiger charge is -2.24. The molecule has 3 atom stereocenters. The van der Waals surface area contributed by atoms with Crippen molar-refractivity contribution in [2.24, 2.45) is 17.8 Å². The summed E-state index contributed by atoms with van der Waals surface area (Å²) in [5, 5.41) is 0. The molecule has 1 fully saturated rings. The molecule has 0 saturated carbocycles. The van der Waals surface area contributed by atoms with Gasteiger partial charge in [-0.25, -0.2) is 4.79 Å². The van der Waals surface area contributed by atoms with Crippen LogP contribution in [0.25, 0.3) is 11.4 Å². The van der Waals surface area contributed by atoms with Gasteiger partial charge in [-0.3, -0.25) is 24.5 Å². The van der Waals surface area contributed by atoms with E-state index < -0.39 is 5.97 Å². The number of esters is 1. The number of pyridine rings is 2. The summed E-state index contributed by atoms with van der Waals surface area (Å²) in [5.41, 5.74) is 3.32. The Morgan fingerprint density at radius 3 is 2.64 bits per heavy atom. The molecule has 2 aromatic rings. The van der Waals surface area contributed by atoms with Crippen molar-refractivity contribution in [2.75, 3.05) is 19.8 Å². The van der Waals surface area contributed by atoms with E-state index in [0.717, 1.165) is 16.8 Å². The smallest absolute Gasteiger partial charge is 0.332 e. The van der Waals surface area contributed by atoms with Gasteiger partial charge in [0.1, 0.15) is 13.2 Å². The number of hydrogen-bond donors (Lipinski definition) is 0. The monoisotopic (exact) mass is 449 g/mol. The highest BCUT2D eigenvalue weighted by Crippen LogP contribution is 2.35. The summed E-state index contributed by atoms with van der Waals surface area (Å²) >= 11 is 0. The summed E-state index contributed by atoms with van der Waals surface area (Å²) in [5.74, 6) is -1.25. The molecule has 0 spiro atoms. The van der Waals surface area contributed by atoms with Gasteiger partial charge in [-0.2, -0.15) is 0 Å². The lowest BCUT2D eigenvalue weighted by atomic mass is 9.92. The first kappa shape index (κ1) is 22.8. The second-order valence-corrected chi connectivity index (χ2v) is 8.49. The van der Waals surface area contributed by atoms with E-state index in [0.29, 0.717) is 12.1 Å². The molecule has 2 bridgehead atoms. The highest BCUT2D eigenvalue weighted by molar-refractivity contribution is 5.99. The third kappa shape index (κ3) is 5.34. The fourth-order valence-corrected chi connectivity index (χ4v) is 4.14. The van der Waals surface area contributed by atoms with Crippen molar-refractivity contribution in [3.63, 3.8) is 0 Å². The van der Waals surface area contributed by atoms with Crippen LogP contribution in [0.1, 0.15) is 24.5 Å². The van der Waals surface area contributed by atoms with Gasteiger partial charge in [-0.15, -0.1) is 0 Å². The third-order valence-corrected chi connectivity index (χ3v) is 6.08. The van der Waals surface area contributed by atoms with Crippen LogP contribution in [0.2, 0.25) is 0 Å². The van der Waals surface area contributed by atoms with Gasteiger partial charge in [0.05, 0.1) is 30.5 Å². The standard InChI is InChI=1S/C25H27N3O5/c1-16-5-7-26-21(11-16)22-12-18(6-8-27-22)14-33-23(29)15-32-10-9-28-24(30)17(2)19-3-4-20(13-19)25(28)31/h3-8,11-12,17,19-20H,9-10,13-15H2,1-2H3. The second kappa shape index (κ2) is 10.0. The van der Waals surface area contributed by atoms with Crippen LogP contribution in [-0.4, -0.2) is 52.4 Å². The van der Waals surface area contributed by atoms with Crippen LogP contribution in [-0.2, 0) is 30.5 Å². The molecular formula is C25H27N3O5. The van der Waals surface area contributed by atoms with Crippen LogP contribution in [0.4, 0.5) is 0 Å². The highest BCUT2D eigenvalue weighted by atomic mass is 16.6. The van der Waals surface area contributed by atoms with Gasteiger partial charge in [-0.1, -0.05) is 19.1 Å². The number of nitrogens with zero attached hydrogens (tertiary/aromatic N) is 3. The Morgan fingerprint density at radius 1 is 1.09 bits per heavy atom. The van der Waals surface area contributed by atoms with Gasteiger partial charge >= 0.3 is 5.97 Å². The van der Waals surface area contributed by atoms with Crippen LogP contribution in [0, 0.1) is 24.7 Å². The molecule has 2 aromatic heterocycles. The maximum absolute atomic E-state index is 12.6. The molecule has 0 aromatic carbocycles. The lowest BCUT2D eigenvalue weighted by Crippen LogP contribution is -2.43. The van der Waals surface area contributed by atoms with Crippen molar-refractivity contribution >= 4 is 17.8 Å². The Bertz CT molecular complexity index is 1080. The summed E-state index contributed by atoms with van der Waals surface area (Å²) in [4.78, 5) is 47.2. The minimum absolute atomic E-state index is 0.0822. The van der Waals surface area contributed by atoms with E-state index in [1.54, 1.807) is 18.5 Å². The average Bonchev–Trinajstić information content (AvgIpc) is 3.29. The van der Waals surface area contributed by atoms with Gasteiger partial charge < -0.3 is 9.47 Å². The SMILES string of the molecule is Cc1ccnc(-c2cc(COC(=O)COCCN3C(=O)C4C=CC(C4)C(C)C3=O)ccn2)c1. The molecule has 1 aliphatic carbocycles. The molecule has 2 amide bonds. The van der Waals surface area contributed by atoms with Gasteiger partial charge in [0, 0.05) is 18.3 Å². The summed E-state index contributed by atoms with van der Waals surface area (Å²) in [7, 11) is 0. The first-order valence-corrected chi connectivity index (χ1v) is 11.1. The molecule has 3 heterocycles. The van der Waals surface area contributed by atoms with Crippen LogP contribution < -0.4 is 0 Å². The number of amides is 2. The summed E-state index contributed by atoms with van der Waals surface area (Å²) in [6.07, 6.45) is 7.92. The quantitative estimate of drug-likeness (QED) is 0.264. The van der Waals surface area contributed by atoms with Crippen LogP contribution in [0.3, 0.4) is 0 Å². The molecule has 4 rings (SSSR count). The van der Waals surface area contributed by atoms with Crippen LogP contribution >= 0.6 is 0 Å². The molecule has 1 aliphatic heterocycles. The molecule has 0 radical (unpaired) electrons. The molecule has 1 saturated heterocycles. The van der Waals surface area contributed by atoms with Crippen molar-refractivity contribution in [2.45, 2.75) is 26.9 Å².